The van der Waals surface area contributed by atoms with Crippen molar-refractivity contribution in [2.45, 2.75) is 43.0 Å². The summed E-state index contributed by atoms with van der Waals surface area (Å²) in [6.07, 6.45) is 0.806. The van der Waals surface area contributed by atoms with Gasteiger partial charge in [0, 0.05) is 6.04 Å². The molecule has 2 atom stereocenters. The highest BCUT2D eigenvalue weighted by Gasteiger charge is 2.26. The van der Waals surface area contributed by atoms with Crippen LogP contribution >= 0.6 is 0 Å². The van der Waals surface area contributed by atoms with Crippen LogP contribution in [-0.4, -0.2) is 22.9 Å². The molecule has 1 aromatic rings. The maximum atomic E-state index is 12.3. The zero-order valence-corrected chi connectivity index (χ0v) is 13.3. The molecule has 0 saturated carbocycles. The van der Waals surface area contributed by atoms with E-state index in [1.54, 1.807) is 6.92 Å². The molecule has 0 radical (unpaired) electrons. The lowest BCUT2D eigenvalue weighted by Crippen LogP contribution is -2.37. The average molecular weight is 320 g/mol. The van der Waals surface area contributed by atoms with E-state index in [0.29, 0.717) is 0 Å². The lowest BCUT2D eigenvalue weighted by Gasteiger charge is -2.20. The highest BCUT2D eigenvalue weighted by atomic mass is 32.2. The Hall–Kier alpha value is -0.960. The quantitative estimate of drug-likeness (QED) is 0.817. The Labute approximate surface area is 120 Å². The van der Waals surface area contributed by atoms with Gasteiger partial charge in [-0.25, -0.2) is 26.7 Å². The van der Waals surface area contributed by atoms with Gasteiger partial charge in [-0.3, -0.25) is 0 Å². The number of hydrogen-bond acceptors (Lipinski definition) is 4. The summed E-state index contributed by atoms with van der Waals surface area (Å²) in [5.74, 6) is 0.131. The summed E-state index contributed by atoms with van der Waals surface area (Å²) in [6, 6.07) is 4.98. The third kappa shape index (κ3) is 4.02. The molecule has 0 aliphatic heterocycles. The van der Waals surface area contributed by atoms with Crippen molar-refractivity contribution in [1.29, 1.82) is 0 Å². The van der Waals surface area contributed by atoms with Gasteiger partial charge in [0.2, 0.25) is 20.0 Å². The molecule has 0 bridgehead atoms. The Morgan fingerprint density at radius 2 is 1.60 bits per heavy atom. The molecule has 0 amide bonds. The molecular weight excluding hydrogens is 300 g/mol. The van der Waals surface area contributed by atoms with Gasteiger partial charge >= 0.3 is 0 Å². The molecular formula is C12H20N2O4S2. The zero-order chi connectivity index (χ0) is 15.6. The van der Waals surface area contributed by atoms with Crippen LogP contribution in [0.15, 0.2) is 34.1 Å². The molecule has 2 unspecified atom stereocenters. The molecule has 114 valence electrons. The van der Waals surface area contributed by atoms with E-state index < -0.39 is 24.9 Å². The van der Waals surface area contributed by atoms with Crippen LogP contribution in [0.1, 0.15) is 27.2 Å². The molecule has 0 aromatic heterocycles. The molecule has 0 fully saturated rings. The molecule has 0 heterocycles. The number of nitrogens with one attached hydrogen (secondary N) is 1. The zero-order valence-electron chi connectivity index (χ0n) is 11.7. The standard InChI is InChI=1S/C12H20N2O4S2/c1-4-9(2)10(3)14-20(17,18)12-8-6-5-7-11(12)19(13,15)16/h5-10,14H,4H2,1-3H3,(H2,13,15,16). The van der Waals surface area contributed by atoms with E-state index in [9.17, 15) is 16.8 Å². The first kappa shape index (κ1) is 17.1. The fourth-order valence-corrected chi connectivity index (χ4v) is 4.42. The van der Waals surface area contributed by atoms with Gasteiger partial charge in [0.1, 0.15) is 9.79 Å². The van der Waals surface area contributed by atoms with E-state index in [-0.39, 0.29) is 16.9 Å². The topological polar surface area (TPSA) is 106 Å². The largest absolute Gasteiger partial charge is 0.242 e. The third-order valence-corrected chi connectivity index (χ3v) is 6.00. The van der Waals surface area contributed by atoms with Crippen LogP contribution in [0, 0.1) is 5.92 Å². The molecule has 0 aliphatic carbocycles. The SMILES string of the molecule is CCC(C)C(C)NS(=O)(=O)c1ccccc1S(N)(=O)=O. The maximum Gasteiger partial charge on any atom is 0.242 e. The smallest absolute Gasteiger partial charge is 0.225 e. The lowest BCUT2D eigenvalue weighted by molar-refractivity contribution is 0.433. The van der Waals surface area contributed by atoms with Crippen LogP contribution in [0.3, 0.4) is 0 Å². The number of primary sulfonamides is 1. The fourth-order valence-electron chi connectivity index (χ4n) is 1.69. The van der Waals surface area contributed by atoms with Gasteiger partial charge in [-0.2, -0.15) is 0 Å². The molecule has 0 aliphatic rings. The first-order chi connectivity index (χ1) is 9.09. The summed E-state index contributed by atoms with van der Waals surface area (Å²) in [4.78, 5) is -0.721. The molecule has 1 aromatic carbocycles. The highest BCUT2D eigenvalue weighted by Crippen LogP contribution is 2.20. The van der Waals surface area contributed by atoms with Crippen LogP contribution in [-0.2, 0) is 20.0 Å². The minimum Gasteiger partial charge on any atom is -0.225 e. The van der Waals surface area contributed by atoms with Crippen molar-refractivity contribution < 1.29 is 16.8 Å². The predicted molar refractivity (Wildman–Crippen MR) is 77.1 cm³/mol. The van der Waals surface area contributed by atoms with Crippen molar-refractivity contribution in [3.05, 3.63) is 24.3 Å². The fraction of sp³-hybridized carbons (Fsp3) is 0.500. The normalized spacial score (nSPS) is 15.8. The summed E-state index contributed by atoms with van der Waals surface area (Å²) in [5.41, 5.74) is 0. The monoisotopic (exact) mass is 320 g/mol. The summed E-state index contributed by atoms with van der Waals surface area (Å²) in [6.45, 7) is 5.61. The third-order valence-electron chi connectivity index (χ3n) is 3.28. The van der Waals surface area contributed by atoms with Crippen molar-refractivity contribution in [3.8, 4) is 0 Å². The van der Waals surface area contributed by atoms with Crippen LogP contribution < -0.4 is 9.86 Å². The Kier molecular flexibility index (Phi) is 5.31. The predicted octanol–water partition coefficient (Wildman–Crippen LogP) is 1.05. The number of rotatable bonds is 6. The summed E-state index contributed by atoms with van der Waals surface area (Å²) >= 11 is 0. The Balaban J connectivity index is 3.24. The molecule has 6 nitrogen and oxygen atoms in total. The number of sulfonamides is 2. The van der Waals surface area contributed by atoms with E-state index in [1.165, 1.54) is 24.3 Å². The molecule has 0 spiro atoms. The van der Waals surface area contributed by atoms with E-state index in [0.717, 1.165) is 6.42 Å². The Morgan fingerprint density at radius 3 is 2.05 bits per heavy atom. The second kappa shape index (κ2) is 6.21. The van der Waals surface area contributed by atoms with Crippen molar-refractivity contribution in [1.82, 2.24) is 4.72 Å². The van der Waals surface area contributed by atoms with Crippen LogP contribution in [0.2, 0.25) is 0 Å². The van der Waals surface area contributed by atoms with Crippen molar-refractivity contribution in [3.63, 3.8) is 0 Å². The van der Waals surface area contributed by atoms with E-state index >= 15 is 0 Å². The molecule has 8 heteroatoms. The van der Waals surface area contributed by atoms with Crippen LogP contribution in [0.25, 0.3) is 0 Å². The number of benzene rings is 1. The van der Waals surface area contributed by atoms with Gasteiger partial charge < -0.3 is 0 Å². The average Bonchev–Trinajstić information content (AvgIpc) is 2.36. The minimum atomic E-state index is -4.10. The molecule has 20 heavy (non-hydrogen) atoms. The highest BCUT2D eigenvalue weighted by molar-refractivity contribution is 7.92. The maximum absolute atomic E-state index is 12.3. The Morgan fingerprint density at radius 1 is 1.10 bits per heavy atom. The van der Waals surface area contributed by atoms with Crippen molar-refractivity contribution in [2.24, 2.45) is 11.1 Å². The Bertz CT molecular complexity index is 668. The summed E-state index contributed by atoms with van der Waals surface area (Å²) < 4.78 is 50.0. The van der Waals surface area contributed by atoms with Crippen molar-refractivity contribution in [2.75, 3.05) is 0 Å². The van der Waals surface area contributed by atoms with Gasteiger partial charge in [-0.15, -0.1) is 0 Å². The summed E-state index contributed by atoms with van der Waals surface area (Å²) in [5, 5.41) is 5.05. The molecule has 0 saturated heterocycles. The first-order valence-electron chi connectivity index (χ1n) is 6.23. The van der Waals surface area contributed by atoms with E-state index in [4.69, 9.17) is 5.14 Å². The second-order valence-electron chi connectivity index (χ2n) is 4.79. The van der Waals surface area contributed by atoms with E-state index in [1.807, 2.05) is 13.8 Å². The van der Waals surface area contributed by atoms with Gasteiger partial charge in [-0.1, -0.05) is 32.4 Å². The second-order valence-corrected chi connectivity index (χ2v) is 8.00. The lowest BCUT2D eigenvalue weighted by atomic mass is 10.0. The van der Waals surface area contributed by atoms with Gasteiger partial charge in [0.25, 0.3) is 0 Å². The summed E-state index contributed by atoms with van der Waals surface area (Å²) in [7, 11) is -8.03. The van der Waals surface area contributed by atoms with Crippen LogP contribution in [0.5, 0.6) is 0 Å². The van der Waals surface area contributed by atoms with Gasteiger partial charge in [0.15, 0.2) is 0 Å². The molecule has 1 rings (SSSR count). The van der Waals surface area contributed by atoms with Gasteiger partial charge in [0.05, 0.1) is 0 Å². The first-order valence-corrected chi connectivity index (χ1v) is 9.26. The number of hydrogen-bond donors (Lipinski definition) is 2. The van der Waals surface area contributed by atoms with Crippen molar-refractivity contribution >= 4 is 20.0 Å². The molecule has 3 N–H and O–H groups in total. The minimum absolute atomic E-state index is 0.131. The van der Waals surface area contributed by atoms with Gasteiger partial charge in [-0.05, 0) is 25.0 Å². The van der Waals surface area contributed by atoms with Crippen LogP contribution in [0.4, 0.5) is 0 Å². The number of nitrogens with two attached hydrogens (primary N) is 1. The van der Waals surface area contributed by atoms with E-state index in [2.05, 4.69) is 4.72 Å².